The minimum atomic E-state index is -0.0152. The molecule has 2 N–H and O–H groups in total. The van der Waals surface area contributed by atoms with Crippen LogP contribution < -0.4 is 10.6 Å². The van der Waals surface area contributed by atoms with E-state index in [9.17, 15) is 9.59 Å². The van der Waals surface area contributed by atoms with Gasteiger partial charge in [0.25, 0.3) is 5.91 Å². The minimum Gasteiger partial charge on any atom is -0.356 e. The van der Waals surface area contributed by atoms with E-state index in [1.54, 1.807) is 0 Å². The van der Waals surface area contributed by atoms with Gasteiger partial charge in [-0.2, -0.15) is 0 Å². The average Bonchev–Trinajstić information content (AvgIpc) is 2.91. The Morgan fingerprint density at radius 2 is 1.72 bits per heavy atom. The molecule has 184 valence electrons. The number of carbonyl (C=O) groups is 2. The summed E-state index contributed by atoms with van der Waals surface area (Å²) in [7, 11) is 0. The van der Waals surface area contributed by atoms with E-state index in [4.69, 9.17) is 0 Å². The maximum Gasteiger partial charge on any atom is 0.251 e. The number of hydrogen-bond donors (Lipinski definition) is 2. The smallest absolute Gasteiger partial charge is 0.251 e. The molecule has 2 amide bonds. The van der Waals surface area contributed by atoms with Crippen LogP contribution in [0.3, 0.4) is 0 Å². The molecule has 0 saturated heterocycles. The van der Waals surface area contributed by atoms with E-state index in [0.29, 0.717) is 19.5 Å². The molecule has 4 aromatic carbocycles. The number of benzene rings is 4. The normalized spacial score (nSPS) is 15.0. The molecule has 0 aliphatic carbocycles. The first-order chi connectivity index (χ1) is 17.7. The number of hydrogen-bond acceptors (Lipinski definition) is 2. The lowest BCUT2D eigenvalue weighted by atomic mass is 9.79. The van der Waals surface area contributed by atoms with Gasteiger partial charge in [-0.25, -0.2) is 0 Å². The van der Waals surface area contributed by atoms with E-state index >= 15 is 0 Å². The van der Waals surface area contributed by atoms with Gasteiger partial charge in [-0.3, -0.25) is 9.59 Å². The Bertz CT molecular complexity index is 1400. The minimum absolute atomic E-state index is 0.0152. The third-order valence-corrected chi connectivity index (χ3v) is 7.40. The summed E-state index contributed by atoms with van der Waals surface area (Å²) in [6, 6.07) is 25.2. The maximum absolute atomic E-state index is 13.0. The van der Waals surface area contributed by atoms with E-state index in [2.05, 4.69) is 84.3 Å². The molecular formula is C32H34N2O2. The third kappa shape index (κ3) is 4.86. The first kappa shape index (κ1) is 24.1. The Balaban J connectivity index is 1.49. The molecule has 1 aliphatic rings. The summed E-state index contributed by atoms with van der Waals surface area (Å²) < 4.78 is 0. The van der Waals surface area contributed by atoms with Crippen molar-refractivity contribution in [2.45, 2.75) is 51.4 Å². The Kier molecular flexibility index (Phi) is 7.31. The van der Waals surface area contributed by atoms with Crippen molar-refractivity contribution >= 4 is 33.4 Å². The quantitative estimate of drug-likeness (QED) is 0.270. The molecule has 1 atom stereocenters. The highest BCUT2D eigenvalue weighted by atomic mass is 16.2. The maximum atomic E-state index is 13.0. The monoisotopic (exact) mass is 478 g/mol. The molecule has 5 rings (SSSR count). The summed E-state index contributed by atoms with van der Waals surface area (Å²) in [4.78, 5) is 25.3. The zero-order valence-corrected chi connectivity index (χ0v) is 21.0. The first-order valence-electron chi connectivity index (χ1n) is 13.2. The fourth-order valence-electron chi connectivity index (χ4n) is 5.60. The van der Waals surface area contributed by atoms with Crippen LogP contribution in [0.1, 0.15) is 72.0 Å². The molecule has 1 unspecified atom stereocenters. The summed E-state index contributed by atoms with van der Waals surface area (Å²) in [5.74, 6) is 0.168. The summed E-state index contributed by atoms with van der Waals surface area (Å²) >= 11 is 0. The van der Waals surface area contributed by atoms with E-state index in [1.165, 1.54) is 34.7 Å². The van der Waals surface area contributed by atoms with Gasteiger partial charge in [0, 0.05) is 31.0 Å². The number of carbonyl (C=O) groups excluding carboxylic acids is 2. The summed E-state index contributed by atoms with van der Waals surface area (Å²) in [5.41, 5.74) is 4.26. The van der Waals surface area contributed by atoms with Gasteiger partial charge in [0.1, 0.15) is 0 Å². The van der Waals surface area contributed by atoms with Crippen molar-refractivity contribution in [3.8, 4) is 0 Å². The van der Waals surface area contributed by atoms with Gasteiger partial charge in [0.15, 0.2) is 0 Å². The standard InChI is InChI=1S/C32H34N2O2/c1-2-3-4-5-16-29(35)33-20-19-24-13-8-12-23-17-18-27-31(30(23)24)28(21-34-32(27)36)26-15-9-11-22-10-6-7-14-25(22)26/h6-15,17-18,28H,2-5,16,19-21H2,1H3,(H,33,35)(H,34,36). The SMILES string of the molecule is CCCCCCC(=O)NCCc1cccc2ccc3c(c12)C(c1cccc2ccccc12)CNC3=O. The summed E-state index contributed by atoms with van der Waals surface area (Å²) in [5, 5.41) is 10.9. The molecule has 4 aromatic rings. The Morgan fingerprint density at radius 3 is 2.61 bits per heavy atom. The van der Waals surface area contributed by atoms with E-state index in [0.717, 1.165) is 41.2 Å². The second-order valence-electron chi connectivity index (χ2n) is 9.78. The summed E-state index contributed by atoms with van der Waals surface area (Å²) in [6.07, 6.45) is 5.73. The van der Waals surface area contributed by atoms with Crippen LogP contribution in [0.4, 0.5) is 0 Å². The van der Waals surface area contributed by atoms with Crippen molar-refractivity contribution in [3.05, 3.63) is 95.1 Å². The number of unbranched alkanes of at least 4 members (excludes halogenated alkanes) is 3. The topological polar surface area (TPSA) is 58.2 Å². The van der Waals surface area contributed by atoms with Gasteiger partial charge in [-0.05, 0) is 57.1 Å². The van der Waals surface area contributed by atoms with E-state index in [-0.39, 0.29) is 17.7 Å². The lowest BCUT2D eigenvalue weighted by Gasteiger charge is -2.29. The zero-order chi connectivity index (χ0) is 24.9. The highest BCUT2D eigenvalue weighted by Crippen LogP contribution is 2.39. The average molecular weight is 479 g/mol. The van der Waals surface area contributed by atoms with Gasteiger partial charge in [0.2, 0.25) is 5.91 Å². The van der Waals surface area contributed by atoms with E-state index < -0.39 is 0 Å². The number of fused-ring (bicyclic) bond motifs is 4. The molecule has 0 radical (unpaired) electrons. The Labute approximate surface area is 213 Å². The second kappa shape index (κ2) is 10.9. The van der Waals surface area contributed by atoms with E-state index in [1.807, 2.05) is 6.07 Å². The predicted molar refractivity (Wildman–Crippen MR) is 148 cm³/mol. The molecule has 4 heteroatoms. The third-order valence-electron chi connectivity index (χ3n) is 7.40. The molecular weight excluding hydrogens is 444 g/mol. The van der Waals surface area contributed by atoms with Crippen LogP contribution in [0.25, 0.3) is 21.5 Å². The predicted octanol–water partition coefficient (Wildman–Crippen LogP) is 6.50. The number of amides is 2. The highest BCUT2D eigenvalue weighted by molar-refractivity contribution is 6.05. The fraction of sp³-hybridized carbons (Fsp3) is 0.312. The molecule has 0 spiro atoms. The van der Waals surface area contributed by atoms with Gasteiger partial charge in [-0.15, -0.1) is 0 Å². The molecule has 0 aromatic heterocycles. The van der Waals surface area contributed by atoms with Gasteiger partial charge in [-0.1, -0.05) is 92.9 Å². The number of nitrogens with one attached hydrogen (secondary N) is 2. The van der Waals surface area contributed by atoms with Crippen molar-refractivity contribution in [2.75, 3.05) is 13.1 Å². The lowest BCUT2D eigenvalue weighted by molar-refractivity contribution is -0.121. The molecule has 1 heterocycles. The van der Waals surface area contributed by atoms with Gasteiger partial charge in [0.05, 0.1) is 0 Å². The van der Waals surface area contributed by atoms with Gasteiger partial charge >= 0.3 is 0 Å². The van der Waals surface area contributed by atoms with Crippen molar-refractivity contribution in [1.82, 2.24) is 10.6 Å². The second-order valence-corrected chi connectivity index (χ2v) is 9.78. The van der Waals surface area contributed by atoms with Crippen molar-refractivity contribution in [3.63, 3.8) is 0 Å². The van der Waals surface area contributed by atoms with Crippen LogP contribution in [0.15, 0.2) is 72.8 Å². The first-order valence-corrected chi connectivity index (χ1v) is 13.2. The van der Waals surface area contributed by atoms with Crippen molar-refractivity contribution in [1.29, 1.82) is 0 Å². The Morgan fingerprint density at radius 1 is 0.917 bits per heavy atom. The molecule has 0 bridgehead atoms. The van der Waals surface area contributed by atoms with Crippen LogP contribution in [-0.4, -0.2) is 24.9 Å². The molecule has 0 saturated carbocycles. The van der Waals surface area contributed by atoms with Crippen LogP contribution in [0, 0.1) is 0 Å². The summed E-state index contributed by atoms with van der Waals surface area (Å²) in [6.45, 7) is 3.35. The van der Waals surface area contributed by atoms with Crippen molar-refractivity contribution in [2.24, 2.45) is 0 Å². The van der Waals surface area contributed by atoms with Gasteiger partial charge < -0.3 is 10.6 Å². The molecule has 0 fully saturated rings. The molecule has 1 aliphatic heterocycles. The largest absolute Gasteiger partial charge is 0.356 e. The Hall–Kier alpha value is -3.66. The number of rotatable bonds is 9. The lowest BCUT2D eigenvalue weighted by Crippen LogP contribution is -2.35. The van der Waals surface area contributed by atoms with Crippen LogP contribution in [-0.2, 0) is 11.2 Å². The van der Waals surface area contributed by atoms with Crippen LogP contribution in [0.5, 0.6) is 0 Å². The zero-order valence-electron chi connectivity index (χ0n) is 21.0. The molecule has 36 heavy (non-hydrogen) atoms. The fourth-order valence-corrected chi connectivity index (χ4v) is 5.60. The van der Waals surface area contributed by atoms with Crippen LogP contribution >= 0.6 is 0 Å². The van der Waals surface area contributed by atoms with Crippen LogP contribution in [0.2, 0.25) is 0 Å². The highest BCUT2D eigenvalue weighted by Gasteiger charge is 2.30. The van der Waals surface area contributed by atoms with Crippen molar-refractivity contribution < 1.29 is 9.59 Å². The molecule has 4 nitrogen and oxygen atoms in total.